The van der Waals surface area contributed by atoms with Gasteiger partial charge in [-0.2, -0.15) is 0 Å². The summed E-state index contributed by atoms with van der Waals surface area (Å²) >= 11 is 0. The molecular weight excluding hydrogens is 615 g/mol. The summed E-state index contributed by atoms with van der Waals surface area (Å²) in [7, 11) is 0. The molecule has 250 valence electrons. The van der Waals surface area contributed by atoms with E-state index in [0.717, 1.165) is 40.3 Å². The van der Waals surface area contributed by atoms with Crippen molar-refractivity contribution in [2.75, 3.05) is 0 Å². The van der Waals surface area contributed by atoms with Crippen molar-refractivity contribution in [3.63, 3.8) is 0 Å². The van der Waals surface area contributed by atoms with E-state index in [1.54, 1.807) is 24.6 Å². The molecule has 4 aromatic carbocycles. The summed E-state index contributed by atoms with van der Waals surface area (Å²) in [6.45, 7) is 3.85. The Bertz CT molecular complexity index is 2090. The Morgan fingerprint density at radius 2 is 1.51 bits per heavy atom. The zero-order valence-electron chi connectivity index (χ0n) is 28.0. The Balaban J connectivity index is 0.000000291. The van der Waals surface area contributed by atoms with Crippen molar-refractivity contribution in [3.8, 4) is 28.2 Å². The van der Waals surface area contributed by atoms with Gasteiger partial charge in [-0.3, -0.25) is 18.9 Å². The number of H-pyrrole nitrogens is 1. The lowest BCUT2D eigenvalue weighted by atomic mass is 9.84. The van der Waals surface area contributed by atoms with E-state index in [0.29, 0.717) is 35.7 Å². The maximum Gasteiger partial charge on any atom is 0.439 e. The molecule has 7 rings (SSSR count). The monoisotopic (exact) mass is 656 g/mol. The average molecular weight is 657 g/mol. The van der Waals surface area contributed by atoms with Gasteiger partial charge in [-0.25, -0.2) is 14.2 Å². The largest absolute Gasteiger partial charge is 0.439 e. The fourth-order valence-electron chi connectivity index (χ4n) is 6.69. The first-order valence-corrected chi connectivity index (χ1v) is 17.1. The van der Waals surface area contributed by atoms with Crippen LogP contribution in [0.25, 0.3) is 28.2 Å². The zero-order chi connectivity index (χ0) is 34.2. The van der Waals surface area contributed by atoms with Crippen molar-refractivity contribution in [2.45, 2.75) is 71.1 Å². The van der Waals surface area contributed by atoms with Crippen LogP contribution in [0.3, 0.4) is 0 Å². The minimum Gasteiger partial charge on any atom is -0.296 e. The number of benzene rings is 4. The minimum absolute atomic E-state index is 0.146. The van der Waals surface area contributed by atoms with Crippen LogP contribution in [0.2, 0.25) is 0 Å². The molecule has 0 aliphatic heterocycles. The summed E-state index contributed by atoms with van der Waals surface area (Å²) in [6.07, 6.45) is 9.09. The third-order valence-electron chi connectivity index (χ3n) is 9.15. The maximum atomic E-state index is 13.7. The summed E-state index contributed by atoms with van der Waals surface area (Å²) in [4.78, 5) is 32.5. The fraction of sp³-hybridized carbons (Fsp3) is 0.268. The summed E-state index contributed by atoms with van der Waals surface area (Å²) in [5.41, 5.74) is 6.93. The molecule has 0 bridgehead atoms. The molecule has 0 radical (unpaired) electrons. The first kappa shape index (κ1) is 33.5. The molecule has 2 heterocycles. The second-order valence-corrected chi connectivity index (χ2v) is 12.6. The Morgan fingerprint density at radius 3 is 2.16 bits per heavy atom. The molecule has 49 heavy (non-hydrogen) atoms. The molecule has 0 saturated heterocycles. The van der Waals surface area contributed by atoms with Crippen LogP contribution in [-0.4, -0.2) is 19.7 Å². The van der Waals surface area contributed by atoms with Gasteiger partial charge >= 0.3 is 5.76 Å². The molecule has 0 spiro atoms. The van der Waals surface area contributed by atoms with E-state index in [4.69, 9.17) is 4.98 Å². The first-order chi connectivity index (χ1) is 23.9. The molecule has 1 aliphatic rings. The van der Waals surface area contributed by atoms with Crippen LogP contribution >= 0.6 is 0 Å². The summed E-state index contributed by atoms with van der Waals surface area (Å²) < 4.78 is 19.7. The van der Waals surface area contributed by atoms with Crippen LogP contribution in [0, 0.1) is 12.7 Å². The average Bonchev–Trinajstić information content (AvgIpc) is 3.58. The molecule has 1 saturated carbocycles. The van der Waals surface area contributed by atoms with Crippen LogP contribution < -0.4 is 11.3 Å². The van der Waals surface area contributed by atoms with E-state index in [1.165, 1.54) is 48.8 Å². The van der Waals surface area contributed by atoms with Gasteiger partial charge in [0.05, 0.1) is 11.4 Å². The minimum atomic E-state index is -0.610. The molecule has 8 heteroatoms. The Kier molecular flexibility index (Phi) is 10.7. The van der Waals surface area contributed by atoms with Crippen molar-refractivity contribution in [1.82, 2.24) is 19.7 Å². The van der Waals surface area contributed by atoms with Crippen LogP contribution in [0.5, 0.6) is 0 Å². The lowest BCUT2D eigenvalue weighted by molar-refractivity contribution is 0.388. The van der Waals surface area contributed by atoms with Crippen molar-refractivity contribution < 1.29 is 8.91 Å². The quantitative estimate of drug-likeness (QED) is 0.177. The van der Waals surface area contributed by atoms with E-state index in [9.17, 15) is 14.0 Å². The SMILES string of the molecule is CCCc1nc(C)n(-c2ccc(F)cc2)c(=O)c1Cc1ccc(-c2ccccc2-c2noc(=O)[nH]2)cc1.c1ccc(C2CCCCC2)cc1. The highest BCUT2D eigenvalue weighted by Gasteiger charge is 2.17. The third kappa shape index (κ3) is 8.03. The smallest absolute Gasteiger partial charge is 0.296 e. The molecule has 1 aliphatic carbocycles. The van der Waals surface area contributed by atoms with Gasteiger partial charge in [0.25, 0.3) is 5.56 Å². The van der Waals surface area contributed by atoms with E-state index in [2.05, 4.69) is 51.9 Å². The fourth-order valence-corrected chi connectivity index (χ4v) is 6.69. The van der Waals surface area contributed by atoms with Gasteiger partial charge in [0.15, 0.2) is 5.82 Å². The Morgan fingerprint density at radius 1 is 0.837 bits per heavy atom. The van der Waals surface area contributed by atoms with E-state index in [-0.39, 0.29) is 11.4 Å². The standard InChI is InChI=1S/C29H25FN4O3.C12H16/c1-3-6-26-25(28(35)34(18(2)31-26)22-15-13-21(30)14-16-22)17-19-9-11-20(12-10-19)23-7-4-5-8-24(23)27-32-29(36)37-33-27;1-3-7-11(8-4-1)12-9-5-2-6-10-12/h4-5,7-16H,3,6,17H2,1-2H3,(H,32,33,36);1,3-4,7-8,12H,2,5-6,9-10H2. The normalized spacial score (nSPS) is 13.1. The molecule has 0 unspecified atom stereocenters. The predicted molar refractivity (Wildman–Crippen MR) is 192 cm³/mol. The topological polar surface area (TPSA) is 93.8 Å². The van der Waals surface area contributed by atoms with Gasteiger partial charge in [0.2, 0.25) is 0 Å². The van der Waals surface area contributed by atoms with Crippen LogP contribution in [0.1, 0.15) is 79.6 Å². The number of nitrogens with one attached hydrogen (secondary N) is 1. The Hall–Kier alpha value is -5.37. The van der Waals surface area contributed by atoms with Crippen molar-refractivity contribution in [2.24, 2.45) is 0 Å². The number of aromatic nitrogens is 4. The van der Waals surface area contributed by atoms with Crippen molar-refractivity contribution in [1.29, 1.82) is 0 Å². The second kappa shape index (κ2) is 15.7. The van der Waals surface area contributed by atoms with Gasteiger partial charge < -0.3 is 0 Å². The number of halogens is 1. The van der Waals surface area contributed by atoms with Gasteiger partial charge in [-0.1, -0.05) is 117 Å². The van der Waals surface area contributed by atoms with Crippen LogP contribution in [-0.2, 0) is 12.8 Å². The number of aromatic amines is 1. The number of aryl methyl sites for hydroxylation is 2. The van der Waals surface area contributed by atoms with Crippen molar-refractivity contribution >= 4 is 0 Å². The van der Waals surface area contributed by atoms with Gasteiger partial charge in [-0.05, 0) is 78.6 Å². The van der Waals surface area contributed by atoms with E-state index >= 15 is 0 Å². The molecule has 0 amide bonds. The van der Waals surface area contributed by atoms with E-state index < -0.39 is 5.76 Å². The number of rotatable bonds is 8. The number of nitrogens with zero attached hydrogens (tertiary/aromatic N) is 3. The lowest BCUT2D eigenvalue weighted by Gasteiger charge is -2.21. The second-order valence-electron chi connectivity index (χ2n) is 12.6. The van der Waals surface area contributed by atoms with Crippen LogP contribution in [0.15, 0.2) is 117 Å². The van der Waals surface area contributed by atoms with E-state index in [1.807, 2.05) is 48.5 Å². The number of hydrogen-bond donors (Lipinski definition) is 1. The molecular formula is C41H41FN4O3. The van der Waals surface area contributed by atoms with Crippen molar-refractivity contribution in [3.05, 3.63) is 158 Å². The summed E-state index contributed by atoms with van der Waals surface area (Å²) in [5.74, 6) is 0.824. The molecule has 0 atom stereocenters. The highest BCUT2D eigenvalue weighted by molar-refractivity contribution is 5.80. The van der Waals surface area contributed by atoms with Gasteiger partial charge in [-0.15, -0.1) is 0 Å². The summed E-state index contributed by atoms with van der Waals surface area (Å²) in [6, 6.07) is 32.3. The maximum absolute atomic E-state index is 13.7. The first-order valence-electron chi connectivity index (χ1n) is 17.1. The lowest BCUT2D eigenvalue weighted by Crippen LogP contribution is -2.28. The van der Waals surface area contributed by atoms with Crippen LogP contribution in [0.4, 0.5) is 4.39 Å². The molecule has 7 nitrogen and oxygen atoms in total. The molecule has 1 N–H and O–H groups in total. The third-order valence-corrected chi connectivity index (χ3v) is 9.15. The Labute approximate surface area is 285 Å². The van der Waals surface area contributed by atoms with Gasteiger partial charge in [0, 0.05) is 17.5 Å². The molecule has 1 fully saturated rings. The highest BCUT2D eigenvalue weighted by Crippen LogP contribution is 2.32. The predicted octanol–water partition coefficient (Wildman–Crippen LogP) is 8.97. The molecule has 2 aromatic heterocycles. The number of hydrogen-bond acceptors (Lipinski definition) is 5. The van der Waals surface area contributed by atoms with Gasteiger partial charge in [0.1, 0.15) is 11.6 Å². The summed E-state index contributed by atoms with van der Waals surface area (Å²) in [5, 5.41) is 3.82. The zero-order valence-corrected chi connectivity index (χ0v) is 28.0. The highest BCUT2D eigenvalue weighted by atomic mass is 19.1. The molecule has 6 aromatic rings.